The van der Waals surface area contributed by atoms with Crippen LogP contribution in [0.3, 0.4) is 0 Å². The number of halogens is 1. The molecule has 0 aromatic carbocycles. The van der Waals surface area contributed by atoms with Crippen molar-refractivity contribution in [3.63, 3.8) is 0 Å². The number of carboxylic acid groups (broad SMARTS) is 1. The van der Waals surface area contributed by atoms with E-state index >= 15 is 0 Å². The summed E-state index contributed by atoms with van der Waals surface area (Å²) in [6.45, 7) is 4.18. The Morgan fingerprint density at radius 1 is 1.69 bits per heavy atom. The van der Waals surface area contributed by atoms with Crippen molar-refractivity contribution in [1.82, 2.24) is 4.90 Å². The highest BCUT2D eigenvalue weighted by Gasteiger charge is 2.40. The first-order chi connectivity index (χ1) is 7.51. The van der Waals surface area contributed by atoms with E-state index < -0.39 is 11.4 Å². The van der Waals surface area contributed by atoms with Gasteiger partial charge in [0.05, 0.1) is 5.41 Å². The Morgan fingerprint density at radius 3 is 2.94 bits per heavy atom. The van der Waals surface area contributed by atoms with E-state index in [9.17, 15) is 4.79 Å². The van der Waals surface area contributed by atoms with Gasteiger partial charge >= 0.3 is 5.97 Å². The van der Waals surface area contributed by atoms with E-state index in [1.807, 2.05) is 6.92 Å². The molecule has 1 aromatic rings. The molecule has 1 atom stereocenters. The normalized spacial score (nSPS) is 26.1. The molecule has 0 amide bonds. The molecule has 1 aliphatic rings. The fraction of sp³-hybridized carbons (Fsp3) is 0.545. The van der Waals surface area contributed by atoms with E-state index in [1.165, 1.54) is 5.56 Å². The first kappa shape index (κ1) is 12.1. The molecule has 0 saturated carbocycles. The van der Waals surface area contributed by atoms with Crippen LogP contribution >= 0.6 is 27.3 Å². The molecule has 88 valence electrons. The van der Waals surface area contributed by atoms with Gasteiger partial charge in [-0.15, -0.1) is 0 Å². The van der Waals surface area contributed by atoms with Crippen LogP contribution in [0.1, 0.15) is 18.9 Å². The van der Waals surface area contributed by atoms with Crippen LogP contribution < -0.4 is 0 Å². The van der Waals surface area contributed by atoms with Gasteiger partial charge in [0.2, 0.25) is 0 Å². The molecule has 1 N–H and O–H groups in total. The summed E-state index contributed by atoms with van der Waals surface area (Å²) in [5.74, 6) is -0.681. The zero-order valence-corrected chi connectivity index (χ0v) is 11.5. The van der Waals surface area contributed by atoms with Crippen molar-refractivity contribution in [2.45, 2.75) is 19.9 Å². The smallest absolute Gasteiger partial charge is 0.310 e. The first-order valence-electron chi connectivity index (χ1n) is 5.17. The second-order valence-electron chi connectivity index (χ2n) is 4.57. The standard InChI is InChI=1S/C11H14BrNO2S/c1-11(10(14)15)2-3-13(7-11)4-8-5-16-6-9(8)12/h5-6H,2-4,7H2,1H3,(H,14,15). The van der Waals surface area contributed by atoms with E-state index in [-0.39, 0.29) is 0 Å². The van der Waals surface area contributed by atoms with Crippen molar-refractivity contribution in [1.29, 1.82) is 0 Å². The van der Waals surface area contributed by atoms with Crippen molar-refractivity contribution in [3.8, 4) is 0 Å². The summed E-state index contributed by atoms with van der Waals surface area (Å²) >= 11 is 5.16. The maximum Gasteiger partial charge on any atom is 0.310 e. The highest BCUT2D eigenvalue weighted by Crippen LogP contribution is 2.32. The lowest BCUT2D eigenvalue weighted by Gasteiger charge is -2.19. The van der Waals surface area contributed by atoms with Crippen molar-refractivity contribution in [3.05, 3.63) is 20.8 Å². The summed E-state index contributed by atoms with van der Waals surface area (Å²) in [4.78, 5) is 13.3. The first-order valence-corrected chi connectivity index (χ1v) is 6.91. The number of hydrogen-bond acceptors (Lipinski definition) is 3. The van der Waals surface area contributed by atoms with Crippen LogP contribution in [0.5, 0.6) is 0 Å². The summed E-state index contributed by atoms with van der Waals surface area (Å²) in [5.41, 5.74) is 0.683. The van der Waals surface area contributed by atoms with Gasteiger partial charge in [0.25, 0.3) is 0 Å². The molecule has 1 saturated heterocycles. The lowest BCUT2D eigenvalue weighted by atomic mass is 9.90. The van der Waals surface area contributed by atoms with Crippen LogP contribution in [0.4, 0.5) is 0 Å². The van der Waals surface area contributed by atoms with Gasteiger partial charge in [0, 0.05) is 22.9 Å². The molecule has 2 heterocycles. The van der Waals surface area contributed by atoms with E-state index in [1.54, 1.807) is 11.3 Å². The van der Waals surface area contributed by atoms with Crippen LogP contribution in [0.25, 0.3) is 0 Å². The Morgan fingerprint density at radius 2 is 2.44 bits per heavy atom. The molecule has 1 unspecified atom stereocenters. The molecule has 2 rings (SSSR count). The minimum Gasteiger partial charge on any atom is -0.481 e. The molecule has 1 aliphatic heterocycles. The largest absolute Gasteiger partial charge is 0.481 e. The minimum absolute atomic E-state index is 0.567. The number of aliphatic carboxylic acids is 1. The van der Waals surface area contributed by atoms with E-state index in [4.69, 9.17) is 5.11 Å². The van der Waals surface area contributed by atoms with Gasteiger partial charge < -0.3 is 5.11 Å². The lowest BCUT2D eigenvalue weighted by Crippen LogP contribution is -2.31. The third-order valence-corrected chi connectivity index (χ3v) is 4.98. The fourth-order valence-electron chi connectivity index (χ4n) is 2.03. The Kier molecular flexibility index (Phi) is 3.37. The van der Waals surface area contributed by atoms with Gasteiger partial charge in [-0.2, -0.15) is 11.3 Å². The SMILES string of the molecule is CC1(C(=O)O)CCN(Cc2cscc2Br)C1. The van der Waals surface area contributed by atoms with Gasteiger partial charge in [-0.1, -0.05) is 0 Å². The maximum absolute atomic E-state index is 11.1. The molecule has 16 heavy (non-hydrogen) atoms. The summed E-state index contributed by atoms with van der Waals surface area (Å²) in [6, 6.07) is 0. The summed E-state index contributed by atoms with van der Waals surface area (Å²) in [5, 5.41) is 13.3. The van der Waals surface area contributed by atoms with Crippen LogP contribution in [0.2, 0.25) is 0 Å². The maximum atomic E-state index is 11.1. The summed E-state index contributed by atoms with van der Waals surface area (Å²) in [7, 11) is 0. The van der Waals surface area contributed by atoms with Gasteiger partial charge in [0.1, 0.15) is 0 Å². The quantitative estimate of drug-likeness (QED) is 0.933. The van der Waals surface area contributed by atoms with Gasteiger partial charge in [-0.3, -0.25) is 9.69 Å². The van der Waals surface area contributed by atoms with Crippen molar-refractivity contribution in [2.75, 3.05) is 13.1 Å². The monoisotopic (exact) mass is 303 g/mol. The second-order valence-corrected chi connectivity index (χ2v) is 6.17. The van der Waals surface area contributed by atoms with Crippen LogP contribution in [0, 0.1) is 5.41 Å². The molecule has 3 nitrogen and oxygen atoms in total. The number of thiophene rings is 1. The zero-order chi connectivity index (χ0) is 11.8. The number of carboxylic acids is 1. The fourth-order valence-corrected chi connectivity index (χ4v) is 3.45. The average Bonchev–Trinajstić information content (AvgIpc) is 2.77. The van der Waals surface area contributed by atoms with Gasteiger partial charge in [-0.05, 0) is 46.8 Å². The third kappa shape index (κ3) is 2.31. The lowest BCUT2D eigenvalue weighted by molar-refractivity contribution is -0.147. The Bertz CT molecular complexity index is 406. The highest BCUT2D eigenvalue weighted by atomic mass is 79.9. The highest BCUT2D eigenvalue weighted by molar-refractivity contribution is 9.10. The van der Waals surface area contributed by atoms with Gasteiger partial charge in [0.15, 0.2) is 0 Å². The predicted molar refractivity (Wildman–Crippen MR) is 67.7 cm³/mol. The minimum atomic E-state index is -0.681. The average molecular weight is 304 g/mol. The molecular formula is C11H14BrNO2S. The summed E-state index contributed by atoms with van der Waals surface area (Å²) < 4.78 is 1.13. The van der Waals surface area contributed by atoms with Crippen LogP contribution in [0.15, 0.2) is 15.2 Å². The van der Waals surface area contributed by atoms with E-state index in [2.05, 4.69) is 31.6 Å². The van der Waals surface area contributed by atoms with Gasteiger partial charge in [-0.25, -0.2) is 0 Å². The number of hydrogen-bond donors (Lipinski definition) is 1. The topological polar surface area (TPSA) is 40.5 Å². The Hall–Kier alpha value is -0.390. The van der Waals surface area contributed by atoms with Crippen LogP contribution in [-0.4, -0.2) is 29.1 Å². The molecule has 0 aliphatic carbocycles. The second kappa shape index (κ2) is 4.47. The number of carbonyl (C=O) groups is 1. The van der Waals surface area contributed by atoms with Crippen molar-refractivity contribution >= 4 is 33.2 Å². The molecule has 1 aromatic heterocycles. The van der Waals surface area contributed by atoms with E-state index in [0.29, 0.717) is 6.54 Å². The number of likely N-dealkylation sites (tertiary alicyclic amines) is 1. The molecule has 0 bridgehead atoms. The third-order valence-electron chi connectivity index (χ3n) is 3.15. The molecule has 0 spiro atoms. The molecular weight excluding hydrogens is 290 g/mol. The van der Waals surface area contributed by atoms with Crippen molar-refractivity contribution in [2.24, 2.45) is 5.41 Å². The number of nitrogens with zero attached hydrogens (tertiary/aromatic N) is 1. The Balaban J connectivity index is 2.00. The zero-order valence-electron chi connectivity index (χ0n) is 9.07. The molecule has 0 radical (unpaired) electrons. The predicted octanol–water partition coefficient (Wildman–Crippen LogP) is 2.81. The van der Waals surface area contributed by atoms with Crippen molar-refractivity contribution < 1.29 is 9.90 Å². The molecule has 5 heteroatoms. The van der Waals surface area contributed by atoms with E-state index in [0.717, 1.165) is 24.0 Å². The molecule has 1 fully saturated rings. The number of rotatable bonds is 3. The Labute approximate surface area is 107 Å². The van der Waals surface area contributed by atoms with Crippen LogP contribution in [-0.2, 0) is 11.3 Å². The summed E-state index contributed by atoms with van der Waals surface area (Å²) in [6.07, 6.45) is 0.740.